The Hall–Kier alpha value is -0.410. The van der Waals surface area contributed by atoms with E-state index in [0.717, 1.165) is 19.4 Å². The Morgan fingerprint density at radius 1 is 1.33 bits per heavy atom. The first-order valence-corrected chi connectivity index (χ1v) is 5.90. The van der Waals surface area contributed by atoms with Gasteiger partial charge in [0.2, 0.25) is 0 Å². The van der Waals surface area contributed by atoms with Crippen LogP contribution >= 0.6 is 0 Å². The predicted molar refractivity (Wildman–Crippen MR) is 62.9 cm³/mol. The summed E-state index contributed by atoms with van der Waals surface area (Å²) >= 11 is 0. The molecule has 0 aromatic heterocycles. The van der Waals surface area contributed by atoms with Crippen molar-refractivity contribution in [3.63, 3.8) is 0 Å². The second kappa shape index (κ2) is 8.86. The van der Waals surface area contributed by atoms with Gasteiger partial charge in [0.25, 0.3) is 0 Å². The molecule has 1 saturated carbocycles. The molecule has 90 valence electrons. The molecule has 1 rings (SSSR count). The average Bonchev–Trinajstić information content (AvgIpc) is 2.66. The Balaban J connectivity index is 0.000000280. The molecule has 1 fully saturated rings. The highest BCUT2D eigenvalue weighted by atomic mass is 16.3. The molecule has 0 saturated heterocycles. The Bertz CT molecular complexity index is 163. The van der Waals surface area contributed by atoms with Crippen molar-refractivity contribution >= 4 is 5.78 Å². The van der Waals surface area contributed by atoms with Crippen molar-refractivity contribution in [1.29, 1.82) is 0 Å². The lowest BCUT2D eigenvalue weighted by Crippen LogP contribution is -2.15. The van der Waals surface area contributed by atoms with Crippen LogP contribution in [-0.4, -0.2) is 42.5 Å². The van der Waals surface area contributed by atoms with Crippen LogP contribution < -0.4 is 0 Å². The van der Waals surface area contributed by atoms with E-state index in [4.69, 9.17) is 5.11 Å². The first-order valence-electron chi connectivity index (χ1n) is 5.90. The van der Waals surface area contributed by atoms with E-state index < -0.39 is 0 Å². The van der Waals surface area contributed by atoms with Crippen molar-refractivity contribution in [2.45, 2.75) is 51.6 Å². The molecule has 0 aromatic rings. The summed E-state index contributed by atoms with van der Waals surface area (Å²) in [5, 5.41) is 8.73. The molecule has 0 atom stereocenters. The fraction of sp³-hybridized carbons (Fsp3) is 0.917. The standard InChI is InChI=1S/C7H15NO.C5H10O/c1-4-7(9)5-6-8(2)3;6-5-3-1-2-4-5/h4-6H2,1-3H3;5-6H,1-4H2. The molecule has 1 aliphatic rings. The van der Waals surface area contributed by atoms with Crippen molar-refractivity contribution in [1.82, 2.24) is 4.90 Å². The van der Waals surface area contributed by atoms with Crippen molar-refractivity contribution in [2.75, 3.05) is 20.6 Å². The molecule has 0 spiro atoms. The Kier molecular flexibility index (Phi) is 8.62. The number of carbonyl (C=O) groups excluding carboxylic acids is 1. The highest BCUT2D eigenvalue weighted by Gasteiger charge is 2.09. The summed E-state index contributed by atoms with van der Waals surface area (Å²) < 4.78 is 0. The zero-order valence-electron chi connectivity index (χ0n) is 10.3. The summed E-state index contributed by atoms with van der Waals surface area (Å²) in [5.41, 5.74) is 0. The van der Waals surface area contributed by atoms with E-state index in [-0.39, 0.29) is 6.10 Å². The minimum absolute atomic E-state index is 0.0463. The maximum atomic E-state index is 10.7. The smallest absolute Gasteiger partial charge is 0.133 e. The van der Waals surface area contributed by atoms with Gasteiger partial charge < -0.3 is 10.0 Å². The number of hydrogen-bond donors (Lipinski definition) is 1. The Morgan fingerprint density at radius 3 is 2.13 bits per heavy atom. The van der Waals surface area contributed by atoms with Crippen LogP contribution in [0.4, 0.5) is 0 Å². The number of rotatable bonds is 4. The zero-order chi connectivity index (χ0) is 11.7. The minimum atomic E-state index is 0.0463. The van der Waals surface area contributed by atoms with Gasteiger partial charge in [-0.2, -0.15) is 0 Å². The molecular weight excluding hydrogens is 190 g/mol. The first kappa shape index (κ1) is 14.6. The lowest BCUT2D eigenvalue weighted by molar-refractivity contribution is -0.118. The van der Waals surface area contributed by atoms with Crippen molar-refractivity contribution in [2.24, 2.45) is 0 Å². The van der Waals surface area contributed by atoms with E-state index in [1.807, 2.05) is 25.9 Å². The normalized spacial score (nSPS) is 16.3. The van der Waals surface area contributed by atoms with Crippen LogP contribution in [0.1, 0.15) is 45.4 Å². The topological polar surface area (TPSA) is 40.5 Å². The van der Waals surface area contributed by atoms with Gasteiger partial charge >= 0.3 is 0 Å². The molecule has 0 aliphatic heterocycles. The number of carbonyl (C=O) groups is 1. The summed E-state index contributed by atoms with van der Waals surface area (Å²) in [5.74, 6) is 0.351. The largest absolute Gasteiger partial charge is 0.393 e. The fourth-order valence-electron chi connectivity index (χ4n) is 1.43. The maximum Gasteiger partial charge on any atom is 0.133 e. The summed E-state index contributed by atoms with van der Waals surface area (Å²) in [4.78, 5) is 12.7. The van der Waals surface area contributed by atoms with Crippen LogP contribution in [0.5, 0.6) is 0 Å². The van der Waals surface area contributed by atoms with Crippen LogP contribution in [0.15, 0.2) is 0 Å². The predicted octanol–water partition coefficient (Wildman–Crippen LogP) is 1.84. The molecule has 1 aliphatic carbocycles. The summed E-state index contributed by atoms with van der Waals surface area (Å²) in [6.45, 7) is 2.78. The summed E-state index contributed by atoms with van der Waals surface area (Å²) in [6, 6.07) is 0. The number of nitrogens with zero attached hydrogens (tertiary/aromatic N) is 1. The summed E-state index contributed by atoms with van der Waals surface area (Å²) in [7, 11) is 3.95. The quantitative estimate of drug-likeness (QED) is 0.778. The molecule has 3 nitrogen and oxygen atoms in total. The van der Waals surface area contributed by atoms with Gasteiger partial charge in [-0.3, -0.25) is 4.79 Å². The minimum Gasteiger partial charge on any atom is -0.393 e. The molecule has 0 heterocycles. The second-order valence-electron chi connectivity index (χ2n) is 4.38. The van der Waals surface area contributed by atoms with Crippen molar-refractivity contribution < 1.29 is 9.90 Å². The molecule has 0 bridgehead atoms. The molecule has 15 heavy (non-hydrogen) atoms. The van der Waals surface area contributed by atoms with Gasteiger partial charge in [0, 0.05) is 19.4 Å². The van der Waals surface area contributed by atoms with E-state index >= 15 is 0 Å². The Morgan fingerprint density at radius 2 is 1.87 bits per heavy atom. The molecule has 0 unspecified atom stereocenters. The van der Waals surface area contributed by atoms with Gasteiger partial charge in [0.05, 0.1) is 6.10 Å². The van der Waals surface area contributed by atoms with E-state index in [1.54, 1.807) is 0 Å². The fourth-order valence-corrected chi connectivity index (χ4v) is 1.43. The lowest BCUT2D eigenvalue weighted by Gasteiger charge is -2.06. The Labute approximate surface area is 93.5 Å². The van der Waals surface area contributed by atoms with Gasteiger partial charge in [-0.05, 0) is 26.9 Å². The van der Waals surface area contributed by atoms with E-state index in [1.165, 1.54) is 12.8 Å². The van der Waals surface area contributed by atoms with Crippen molar-refractivity contribution in [3.8, 4) is 0 Å². The van der Waals surface area contributed by atoms with Crippen LogP contribution in [0, 0.1) is 0 Å². The van der Waals surface area contributed by atoms with Crippen LogP contribution in [0.25, 0.3) is 0 Å². The van der Waals surface area contributed by atoms with Crippen LogP contribution in [0.2, 0.25) is 0 Å². The number of ketones is 1. The molecule has 1 N–H and O–H groups in total. The number of hydrogen-bond acceptors (Lipinski definition) is 3. The first-order chi connectivity index (χ1) is 7.06. The van der Waals surface area contributed by atoms with Crippen LogP contribution in [0.3, 0.4) is 0 Å². The zero-order valence-corrected chi connectivity index (χ0v) is 10.3. The molecule has 0 amide bonds. The lowest BCUT2D eigenvalue weighted by atomic mass is 10.2. The highest BCUT2D eigenvalue weighted by Crippen LogP contribution is 2.16. The van der Waals surface area contributed by atoms with Crippen LogP contribution in [-0.2, 0) is 4.79 Å². The number of aliphatic hydroxyl groups excluding tert-OH is 1. The number of aliphatic hydroxyl groups is 1. The third kappa shape index (κ3) is 9.88. The monoisotopic (exact) mass is 215 g/mol. The average molecular weight is 215 g/mol. The summed E-state index contributed by atoms with van der Waals surface area (Å²) in [6.07, 6.45) is 5.98. The van der Waals surface area contributed by atoms with E-state index in [9.17, 15) is 4.79 Å². The molecule has 0 aromatic carbocycles. The van der Waals surface area contributed by atoms with E-state index in [0.29, 0.717) is 18.6 Å². The molecule has 3 heteroatoms. The second-order valence-corrected chi connectivity index (χ2v) is 4.38. The third-order valence-electron chi connectivity index (χ3n) is 2.56. The molecular formula is C12H25NO2. The SMILES string of the molecule is CCC(=O)CCN(C)C.OC1CCCC1. The van der Waals surface area contributed by atoms with Gasteiger partial charge in [-0.1, -0.05) is 19.8 Å². The maximum absolute atomic E-state index is 10.7. The van der Waals surface area contributed by atoms with Crippen molar-refractivity contribution in [3.05, 3.63) is 0 Å². The third-order valence-corrected chi connectivity index (χ3v) is 2.56. The van der Waals surface area contributed by atoms with Gasteiger partial charge in [0.15, 0.2) is 0 Å². The van der Waals surface area contributed by atoms with Gasteiger partial charge in [0.1, 0.15) is 5.78 Å². The highest BCUT2D eigenvalue weighted by molar-refractivity contribution is 5.78. The number of Topliss-reactive ketones (excluding diaryl/α,β-unsaturated/α-hetero) is 1. The van der Waals surface area contributed by atoms with E-state index in [2.05, 4.69) is 0 Å². The molecule has 0 radical (unpaired) electrons. The van der Waals surface area contributed by atoms with Gasteiger partial charge in [-0.25, -0.2) is 0 Å². The van der Waals surface area contributed by atoms with Gasteiger partial charge in [-0.15, -0.1) is 0 Å².